The Morgan fingerprint density at radius 1 is 1.20 bits per heavy atom. The third-order valence-electron chi connectivity index (χ3n) is 4.72. The van der Waals surface area contributed by atoms with Crippen molar-refractivity contribution in [3.63, 3.8) is 0 Å². The summed E-state index contributed by atoms with van der Waals surface area (Å²) in [7, 11) is 4.39. The lowest BCUT2D eigenvalue weighted by Crippen LogP contribution is -2.42. The zero-order valence-electron chi connectivity index (χ0n) is 13.2. The lowest BCUT2D eigenvalue weighted by molar-refractivity contribution is 0.214. The fourth-order valence-corrected chi connectivity index (χ4v) is 4.56. The first-order chi connectivity index (χ1) is 9.58. The molecule has 0 aliphatic heterocycles. The molecule has 2 rings (SSSR count). The monoisotopic (exact) mass is 296 g/mol. The Labute approximate surface area is 127 Å². The van der Waals surface area contributed by atoms with E-state index in [0.29, 0.717) is 6.04 Å². The van der Waals surface area contributed by atoms with Crippen molar-refractivity contribution in [2.45, 2.75) is 58.2 Å². The fraction of sp³-hybridized carbons (Fsp3) is 0.750. The summed E-state index contributed by atoms with van der Waals surface area (Å²) in [6.07, 6.45) is 5.15. The van der Waals surface area contributed by atoms with E-state index in [4.69, 9.17) is 0 Å². The Kier molecular flexibility index (Phi) is 5.47. The van der Waals surface area contributed by atoms with Gasteiger partial charge in [0.25, 0.3) is 0 Å². The number of hydrogen-bond donors (Lipinski definition) is 1. The van der Waals surface area contributed by atoms with Crippen LogP contribution < -0.4 is 4.90 Å². The van der Waals surface area contributed by atoms with Gasteiger partial charge in [-0.15, -0.1) is 11.3 Å². The van der Waals surface area contributed by atoms with Gasteiger partial charge in [0.15, 0.2) is 0 Å². The van der Waals surface area contributed by atoms with Gasteiger partial charge in [0.2, 0.25) is 0 Å². The predicted octanol–water partition coefficient (Wildman–Crippen LogP) is 3.25. The normalized spacial score (nSPS) is 23.3. The van der Waals surface area contributed by atoms with Crippen LogP contribution in [-0.2, 0) is 6.61 Å². The predicted molar refractivity (Wildman–Crippen MR) is 87.7 cm³/mol. The highest BCUT2D eigenvalue weighted by Crippen LogP contribution is 2.36. The molecule has 0 bridgehead atoms. The van der Waals surface area contributed by atoms with Crippen LogP contribution in [0, 0.1) is 6.92 Å². The minimum atomic E-state index is 0.160. The van der Waals surface area contributed by atoms with Crippen LogP contribution >= 0.6 is 11.3 Å². The van der Waals surface area contributed by atoms with E-state index in [-0.39, 0.29) is 6.61 Å². The van der Waals surface area contributed by atoms with Gasteiger partial charge in [0.1, 0.15) is 0 Å². The summed E-state index contributed by atoms with van der Waals surface area (Å²) in [6.45, 7) is 5.61. The summed E-state index contributed by atoms with van der Waals surface area (Å²) in [6, 6.07) is 1.42. The van der Waals surface area contributed by atoms with Crippen LogP contribution in [0.3, 0.4) is 0 Å². The second kappa shape index (κ2) is 6.92. The third-order valence-corrected chi connectivity index (χ3v) is 5.89. The van der Waals surface area contributed by atoms with E-state index in [1.54, 1.807) is 11.3 Å². The minimum absolute atomic E-state index is 0.160. The Morgan fingerprint density at radius 2 is 1.80 bits per heavy atom. The summed E-state index contributed by atoms with van der Waals surface area (Å²) in [5.74, 6) is 0. The van der Waals surface area contributed by atoms with Gasteiger partial charge in [0.05, 0.1) is 11.6 Å². The van der Waals surface area contributed by atoms with Gasteiger partial charge < -0.3 is 14.9 Å². The SMILES string of the molecule is CCN(c1scc(CO)c1C)C1CCC(N(C)C)CC1. The highest BCUT2D eigenvalue weighted by Gasteiger charge is 2.27. The van der Waals surface area contributed by atoms with Crippen molar-refractivity contribution in [3.8, 4) is 0 Å². The summed E-state index contributed by atoms with van der Waals surface area (Å²) in [5, 5.41) is 12.9. The van der Waals surface area contributed by atoms with E-state index in [2.05, 4.69) is 43.1 Å². The highest BCUT2D eigenvalue weighted by molar-refractivity contribution is 7.14. The van der Waals surface area contributed by atoms with E-state index >= 15 is 0 Å². The molecule has 0 unspecified atom stereocenters. The van der Waals surface area contributed by atoms with Crippen LogP contribution in [0.1, 0.15) is 43.7 Å². The summed E-state index contributed by atoms with van der Waals surface area (Å²) < 4.78 is 0. The molecule has 0 amide bonds. The standard InChI is InChI=1S/C16H28N2OS/c1-5-18(16-12(2)13(10-19)11-20-16)15-8-6-14(7-9-15)17(3)4/h11,14-15,19H,5-10H2,1-4H3. The molecular weight excluding hydrogens is 268 g/mol. The summed E-state index contributed by atoms with van der Waals surface area (Å²) in [4.78, 5) is 4.93. The van der Waals surface area contributed by atoms with Gasteiger partial charge in [-0.1, -0.05) is 0 Å². The molecule has 0 saturated heterocycles. The summed E-state index contributed by atoms with van der Waals surface area (Å²) in [5.41, 5.74) is 2.36. The van der Waals surface area contributed by atoms with Gasteiger partial charge in [-0.25, -0.2) is 0 Å². The first-order valence-corrected chi connectivity index (χ1v) is 8.57. The number of hydrogen-bond acceptors (Lipinski definition) is 4. The van der Waals surface area contributed by atoms with Crippen molar-refractivity contribution in [1.29, 1.82) is 0 Å². The minimum Gasteiger partial charge on any atom is -0.392 e. The quantitative estimate of drug-likeness (QED) is 0.903. The van der Waals surface area contributed by atoms with Gasteiger partial charge in [-0.05, 0) is 70.1 Å². The molecule has 1 aliphatic carbocycles. The number of thiophene rings is 1. The Bertz CT molecular complexity index is 422. The molecule has 0 aromatic carbocycles. The Morgan fingerprint density at radius 3 is 2.25 bits per heavy atom. The number of anilines is 1. The van der Waals surface area contributed by atoms with Crippen LogP contribution in [-0.4, -0.2) is 42.7 Å². The van der Waals surface area contributed by atoms with E-state index in [0.717, 1.165) is 18.2 Å². The molecule has 114 valence electrons. The van der Waals surface area contributed by atoms with Crippen LogP contribution in [0.5, 0.6) is 0 Å². The largest absolute Gasteiger partial charge is 0.392 e. The molecule has 1 fully saturated rings. The summed E-state index contributed by atoms with van der Waals surface area (Å²) >= 11 is 1.79. The average molecular weight is 296 g/mol. The molecule has 1 aromatic heterocycles. The van der Waals surface area contributed by atoms with E-state index in [9.17, 15) is 5.11 Å². The molecule has 4 heteroatoms. The van der Waals surface area contributed by atoms with Gasteiger partial charge >= 0.3 is 0 Å². The van der Waals surface area contributed by atoms with Crippen molar-refractivity contribution in [2.24, 2.45) is 0 Å². The molecule has 1 saturated carbocycles. The van der Waals surface area contributed by atoms with E-state index in [1.807, 2.05) is 0 Å². The highest BCUT2D eigenvalue weighted by atomic mass is 32.1. The maximum absolute atomic E-state index is 9.38. The number of rotatable bonds is 5. The molecule has 1 heterocycles. The molecule has 1 N–H and O–H groups in total. The average Bonchev–Trinajstić information content (AvgIpc) is 2.82. The van der Waals surface area contributed by atoms with Crippen molar-refractivity contribution in [3.05, 3.63) is 16.5 Å². The lowest BCUT2D eigenvalue weighted by Gasteiger charge is -2.39. The van der Waals surface area contributed by atoms with Crippen molar-refractivity contribution < 1.29 is 5.11 Å². The number of aliphatic hydroxyl groups excluding tert-OH is 1. The molecule has 1 aromatic rings. The Hall–Kier alpha value is -0.580. The van der Waals surface area contributed by atoms with Crippen LogP contribution in [0.2, 0.25) is 0 Å². The number of nitrogens with zero attached hydrogens (tertiary/aromatic N) is 2. The maximum atomic E-state index is 9.38. The Balaban J connectivity index is 2.07. The van der Waals surface area contributed by atoms with Gasteiger partial charge in [-0.2, -0.15) is 0 Å². The molecule has 0 radical (unpaired) electrons. The zero-order valence-corrected chi connectivity index (χ0v) is 14.0. The first-order valence-electron chi connectivity index (χ1n) is 7.69. The van der Waals surface area contributed by atoms with Crippen LogP contribution in [0.15, 0.2) is 5.38 Å². The molecule has 20 heavy (non-hydrogen) atoms. The first kappa shape index (κ1) is 15.8. The second-order valence-electron chi connectivity index (χ2n) is 6.06. The topological polar surface area (TPSA) is 26.7 Å². The molecule has 0 atom stereocenters. The van der Waals surface area contributed by atoms with E-state index in [1.165, 1.54) is 36.2 Å². The van der Waals surface area contributed by atoms with Crippen molar-refractivity contribution in [2.75, 3.05) is 25.5 Å². The number of aliphatic hydroxyl groups is 1. The molecule has 0 spiro atoms. The van der Waals surface area contributed by atoms with Crippen molar-refractivity contribution in [1.82, 2.24) is 4.90 Å². The van der Waals surface area contributed by atoms with Gasteiger partial charge in [-0.3, -0.25) is 0 Å². The smallest absolute Gasteiger partial charge is 0.0944 e. The zero-order chi connectivity index (χ0) is 14.7. The molecule has 1 aliphatic rings. The van der Waals surface area contributed by atoms with E-state index < -0.39 is 0 Å². The molecule has 3 nitrogen and oxygen atoms in total. The van der Waals surface area contributed by atoms with Gasteiger partial charge in [0, 0.05) is 18.6 Å². The second-order valence-corrected chi connectivity index (χ2v) is 6.92. The van der Waals surface area contributed by atoms with Crippen LogP contribution in [0.4, 0.5) is 5.00 Å². The maximum Gasteiger partial charge on any atom is 0.0944 e. The van der Waals surface area contributed by atoms with Crippen molar-refractivity contribution >= 4 is 16.3 Å². The third kappa shape index (κ3) is 3.18. The lowest BCUT2D eigenvalue weighted by atomic mass is 9.89. The molecular formula is C16H28N2OS. The van der Waals surface area contributed by atoms with Crippen LogP contribution in [0.25, 0.3) is 0 Å². The fourth-order valence-electron chi connectivity index (χ4n) is 3.33.